The number of piperidine rings is 1. The Morgan fingerprint density at radius 3 is 2.40 bits per heavy atom. The summed E-state index contributed by atoms with van der Waals surface area (Å²) in [5, 5.41) is 15.6. The summed E-state index contributed by atoms with van der Waals surface area (Å²) < 4.78 is 66.8. The summed E-state index contributed by atoms with van der Waals surface area (Å²) in [4.78, 5) is 42.7. The first-order valence-corrected chi connectivity index (χ1v) is 13.9. The lowest BCUT2D eigenvalue weighted by molar-refractivity contribution is -0.145. The molecule has 224 valence electrons. The Hall–Kier alpha value is -3.92. The van der Waals surface area contributed by atoms with E-state index >= 15 is 0 Å². The highest BCUT2D eigenvalue weighted by Crippen LogP contribution is 2.32. The van der Waals surface area contributed by atoms with E-state index in [-0.39, 0.29) is 30.3 Å². The van der Waals surface area contributed by atoms with E-state index in [1.165, 1.54) is 22.7 Å². The van der Waals surface area contributed by atoms with Gasteiger partial charge in [-0.25, -0.2) is 33.5 Å². The molecule has 1 atom stereocenters. The quantitative estimate of drug-likeness (QED) is 0.203. The molecule has 0 aliphatic carbocycles. The third kappa shape index (κ3) is 7.10. The maximum absolute atomic E-state index is 14.0. The zero-order chi connectivity index (χ0) is 30.6. The first kappa shape index (κ1) is 31.0. The number of carbonyl (C=O) groups is 2. The highest BCUT2D eigenvalue weighted by Gasteiger charge is 2.35. The van der Waals surface area contributed by atoms with Crippen molar-refractivity contribution in [1.29, 1.82) is 0 Å². The van der Waals surface area contributed by atoms with Gasteiger partial charge in [0.1, 0.15) is 23.4 Å². The van der Waals surface area contributed by atoms with Crippen molar-refractivity contribution in [3.05, 3.63) is 70.6 Å². The van der Waals surface area contributed by atoms with Crippen LogP contribution in [0.4, 0.5) is 32.4 Å². The lowest BCUT2D eigenvalue weighted by Crippen LogP contribution is -2.41. The first-order chi connectivity index (χ1) is 19.9. The lowest BCUT2D eigenvalue weighted by atomic mass is 9.89. The summed E-state index contributed by atoms with van der Waals surface area (Å²) in [6.07, 6.45) is -2.96. The Morgan fingerprint density at radius 2 is 1.79 bits per heavy atom. The summed E-state index contributed by atoms with van der Waals surface area (Å²) in [6.45, 7) is 1.59. The molecule has 1 aliphatic rings. The number of hydrogen-bond donors (Lipinski definition) is 3. The normalized spacial score (nSPS) is 14.9. The number of para-hydroxylation sites is 1. The molecule has 42 heavy (non-hydrogen) atoms. The fraction of sp³-hybridized carbons (Fsp3) is 0.385. The Labute approximate surface area is 241 Å². The number of aliphatic hydroxyl groups is 1. The Bertz CT molecular complexity index is 1450. The largest absolute Gasteiger partial charge is 0.451 e. The summed E-state index contributed by atoms with van der Waals surface area (Å²) in [5.74, 6) is -4.15. The number of hydrogen-bond acceptors (Lipinski definition) is 8. The van der Waals surface area contributed by atoms with Crippen molar-refractivity contribution < 1.29 is 36.6 Å². The van der Waals surface area contributed by atoms with Gasteiger partial charge in [-0.2, -0.15) is 13.2 Å². The number of rotatable bonds is 7. The zero-order valence-electron chi connectivity index (χ0n) is 22.4. The van der Waals surface area contributed by atoms with Gasteiger partial charge in [-0.1, -0.05) is 17.8 Å². The third-order valence-corrected chi connectivity index (χ3v) is 7.15. The van der Waals surface area contributed by atoms with Crippen LogP contribution >= 0.6 is 11.8 Å². The van der Waals surface area contributed by atoms with Crippen molar-refractivity contribution in [2.24, 2.45) is 0 Å². The minimum Gasteiger partial charge on any atom is -0.385 e. The number of aliphatic hydroxyl groups excluding tert-OH is 1. The van der Waals surface area contributed by atoms with Gasteiger partial charge in [-0.05, 0) is 44.2 Å². The fourth-order valence-corrected chi connectivity index (χ4v) is 4.89. The maximum atomic E-state index is 14.0. The number of alkyl halides is 3. The van der Waals surface area contributed by atoms with E-state index in [1.807, 2.05) is 0 Å². The molecule has 0 radical (unpaired) electrons. The van der Waals surface area contributed by atoms with Gasteiger partial charge in [0.2, 0.25) is 5.82 Å². The number of carbonyl (C=O) groups excluding carboxylic acids is 2. The number of nitrogens with zero attached hydrogens (tertiary/aromatic N) is 5. The molecule has 3 amide bonds. The van der Waals surface area contributed by atoms with Gasteiger partial charge in [-0.3, -0.25) is 4.79 Å². The summed E-state index contributed by atoms with van der Waals surface area (Å²) in [6, 6.07) is 3.69. The average Bonchev–Trinajstić information content (AvgIpc) is 2.96. The zero-order valence-corrected chi connectivity index (χ0v) is 23.2. The predicted octanol–water partition coefficient (Wildman–Crippen LogP) is 4.47. The van der Waals surface area contributed by atoms with Gasteiger partial charge in [-0.15, -0.1) is 0 Å². The number of urea groups is 1. The first-order valence-electron chi connectivity index (χ1n) is 12.7. The molecule has 0 saturated carbocycles. The molecule has 0 bridgehead atoms. The third-order valence-electron chi connectivity index (χ3n) is 6.60. The minimum atomic E-state index is -4.80. The summed E-state index contributed by atoms with van der Waals surface area (Å²) in [7, 11) is 0. The van der Waals surface area contributed by atoms with Crippen LogP contribution in [-0.4, -0.2) is 67.8 Å². The molecule has 4 rings (SSSR count). The van der Waals surface area contributed by atoms with E-state index in [4.69, 9.17) is 0 Å². The molecule has 1 saturated heterocycles. The molecule has 3 aromatic rings. The van der Waals surface area contributed by atoms with E-state index in [2.05, 4.69) is 30.6 Å². The van der Waals surface area contributed by atoms with E-state index in [1.54, 1.807) is 13.2 Å². The Morgan fingerprint density at radius 1 is 1.12 bits per heavy atom. The number of aryl methyl sites for hydroxylation is 1. The number of thioether (sulfide) groups is 1. The molecule has 0 spiro atoms. The molecule has 1 aromatic carbocycles. The topological polar surface area (TPSA) is 133 Å². The van der Waals surface area contributed by atoms with Crippen molar-refractivity contribution in [3.63, 3.8) is 0 Å². The van der Waals surface area contributed by atoms with E-state index in [9.17, 15) is 36.6 Å². The van der Waals surface area contributed by atoms with Gasteiger partial charge in [0.15, 0.2) is 5.16 Å². The predicted molar refractivity (Wildman–Crippen MR) is 142 cm³/mol. The van der Waals surface area contributed by atoms with Gasteiger partial charge < -0.3 is 20.6 Å². The lowest BCUT2D eigenvalue weighted by Gasteiger charge is -2.32. The molecule has 2 aromatic heterocycles. The molecule has 10 nitrogen and oxygen atoms in total. The van der Waals surface area contributed by atoms with Gasteiger partial charge >= 0.3 is 12.2 Å². The molecule has 1 unspecified atom stereocenters. The van der Waals surface area contributed by atoms with Gasteiger partial charge in [0, 0.05) is 31.7 Å². The van der Waals surface area contributed by atoms with Crippen LogP contribution in [0.5, 0.6) is 0 Å². The van der Waals surface area contributed by atoms with Crippen LogP contribution in [0.25, 0.3) is 0 Å². The summed E-state index contributed by atoms with van der Waals surface area (Å²) in [5.41, 5.74) is 0.0613. The van der Waals surface area contributed by atoms with Crippen molar-refractivity contribution >= 4 is 29.4 Å². The van der Waals surface area contributed by atoms with E-state index in [0.717, 1.165) is 24.4 Å². The van der Waals surface area contributed by atoms with Gasteiger partial charge in [0.05, 0.1) is 22.6 Å². The second kappa shape index (κ2) is 12.9. The minimum absolute atomic E-state index is 0.148. The number of aromatic nitrogens is 4. The van der Waals surface area contributed by atoms with Crippen LogP contribution in [0.15, 0.2) is 35.6 Å². The number of likely N-dealkylation sites (tertiary alicyclic amines) is 1. The SMILES string of the molecule is CSc1nc(C)c(C(=O)NCC(O)c2ccnc(C(F)(F)F)n2)c(C2CCN(C(=O)Nc3c(F)cccc3F)CC2)n1. The molecule has 3 heterocycles. The number of anilines is 1. The second-order valence-corrected chi connectivity index (χ2v) is 10.1. The molecule has 16 heteroatoms. The second-order valence-electron chi connectivity index (χ2n) is 9.37. The van der Waals surface area contributed by atoms with Crippen LogP contribution in [0, 0.1) is 18.6 Å². The van der Waals surface area contributed by atoms with Crippen LogP contribution in [-0.2, 0) is 6.18 Å². The molecule has 3 N–H and O–H groups in total. The molecule has 1 fully saturated rings. The number of benzene rings is 1. The van der Waals surface area contributed by atoms with Crippen LogP contribution in [0.2, 0.25) is 0 Å². The standard InChI is InChI=1S/C26H26F5N7O3S/c1-13-19(22(40)33-12-18(39)17-6-9-32-23(35-17)26(29,30)31)20(36-24(34-13)42-2)14-7-10-38(11-8-14)25(41)37-21-15(27)4-3-5-16(21)28/h3-6,9,14,18,39H,7-8,10-12H2,1-2H3,(H,33,40)(H,37,41). The highest BCUT2D eigenvalue weighted by molar-refractivity contribution is 7.98. The number of nitrogens with one attached hydrogen (secondary N) is 2. The van der Waals surface area contributed by atoms with Crippen molar-refractivity contribution in [2.75, 3.05) is 31.2 Å². The smallest absolute Gasteiger partial charge is 0.385 e. The van der Waals surface area contributed by atoms with Crippen molar-refractivity contribution in [2.45, 2.75) is 43.1 Å². The van der Waals surface area contributed by atoms with Crippen molar-refractivity contribution in [1.82, 2.24) is 30.2 Å². The van der Waals surface area contributed by atoms with Gasteiger partial charge in [0.25, 0.3) is 5.91 Å². The average molecular weight is 612 g/mol. The Balaban J connectivity index is 1.46. The van der Waals surface area contributed by atoms with Crippen molar-refractivity contribution in [3.8, 4) is 0 Å². The van der Waals surface area contributed by atoms with Crippen LogP contribution < -0.4 is 10.6 Å². The number of halogens is 5. The van der Waals surface area contributed by atoms with Crippen LogP contribution in [0.1, 0.15) is 58.1 Å². The van der Waals surface area contributed by atoms with E-state index in [0.29, 0.717) is 29.4 Å². The molecular formula is C26H26F5N7O3S. The maximum Gasteiger partial charge on any atom is 0.451 e. The monoisotopic (exact) mass is 611 g/mol. The van der Waals surface area contributed by atoms with E-state index < -0.39 is 53.9 Å². The fourth-order valence-electron chi connectivity index (χ4n) is 4.47. The number of amides is 3. The molecule has 1 aliphatic heterocycles. The highest BCUT2D eigenvalue weighted by atomic mass is 32.2. The summed E-state index contributed by atoms with van der Waals surface area (Å²) >= 11 is 1.26. The Kier molecular flexibility index (Phi) is 9.56. The molecular weight excluding hydrogens is 585 g/mol. The van der Waals surface area contributed by atoms with Crippen LogP contribution in [0.3, 0.4) is 0 Å².